The third-order valence-electron chi connectivity index (χ3n) is 6.29. The number of para-hydroxylation sites is 1. The van der Waals surface area contributed by atoms with E-state index < -0.39 is 0 Å². The van der Waals surface area contributed by atoms with Crippen LogP contribution in [0.15, 0.2) is 88.8 Å². The normalized spacial score (nSPS) is 12.0. The Labute approximate surface area is 215 Å². The van der Waals surface area contributed by atoms with Crippen molar-refractivity contribution in [3.05, 3.63) is 101 Å². The second-order valence-corrected chi connectivity index (χ2v) is 9.50. The van der Waals surface area contributed by atoms with E-state index in [1.54, 1.807) is 29.4 Å². The van der Waals surface area contributed by atoms with Crippen LogP contribution in [0, 0.1) is 5.92 Å². The van der Waals surface area contributed by atoms with E-state index in [4.69, 9.17) is 5.10 Å². The lowest BCUT2D eigenvalue weighted by Gasteiger charge is -2.13. The van der Waals surface area contributed by atoms with Gasteiger partial charge in [-0.3, -0.25) is 19.1 Å². The Hall–Kier alpha value is -4.46. The van der Waals surface area contributed by atoms with Crippen LogP contribution in [0.4, 0.5) is 11.5 Å². The molecule has 0 aliphatic rings. The van der Waals surface area contributed by atoms with Crippen molar-refractivity contribution in [1.29, 1.82) is 0 Å². The van der Waals surface area contributed by atoms with E-state index in [1.807, 2.05) is 53.2 Å². The van der Waals surface area contributed by atoms with E-state index in [0.717, 1.165) is 33.7 Å². The molecule has 0 bridgehead atoms. The van der Waals surface area contributed by atoms with Crippen molar-refractivity contribution in [2.45, 2.75) is 26.9 Å². The molecule has 0 aliphatic carbocycles. The van der Waals surface area contributed by atoms with E-state index >= 15 is 0 Å². The molecule has 3 heterocycles. The molecule has 1 N–H and O–H groups in total. The summed E-state index contributed by atoms with van der Waals surface area (Å²) in [5.41, 5.74) is 5.10. The van der Waals surface area contributed by atoms with Crippen molar-refractivity contribution < 1.29 is 0 Å². The lowest BCUT2D eigenvalue weighted by Crippen LogP contribution is -2.39. The molecule has 5 rings (SSSR count). The number of nitrogens with zero attached hydrogens (tertiary/aromatic N) is 6. The first kappa shape index (κ1) is 24.2. The summed E-state index contributed by atoms with van der Waals surface area (Å²) in [6.07, 6.45) is 1.80. The van der Waals surface area contributed by atoms with Crippen LogP contribution in [-0.4, -0.2) is 30.9 Å². The maximum atomic E-state index is 13.3. The van der Waals surface area contributed by atoms with Gasteiger partial charge < -0.3 is 5.32 Å². The Morgan fingerprint density at radius 2 is 1.70 bits per heavy atom. The zero-order valence-electron chi connectivity index (χ0n) is 21.6. The Balaban J connectivity index is 1.67. The van der Waals surface area contributed by atoms with Crippen LogP contribution in [0.5, 0.6) is 0 Å². The number of pyridine rings is 1. The molecule has 0 amide bonds. The summed E-state index contributed by atoms with van der Waals surface area (Å²) in [5, 5.41) is 9.36. The van der Waals surface area contributed by atoms with Gasteiger partial charge in [0, 0.05) is 38.1 Å². The Morgan fingerprint density at radius 1 is 0.973 bits per heavy atom. The molecule has 8 heteroatoms. The predicted molar refractivity (Wildman–Crippen MR) is 148 cm³/mol. The average molecular weight is 494 g/mol. The Kier molecular flexibility index (Phi) is 6.72. The third-order valence-corrected chi connectivity index (χ3v) is 6.29. The highest BCUT2D eigenvalue weighted by atomic mass is 16.1. The van der Waals surface area contributed by atoms with Crippen molar-refractivity contribution in [3.63, 3.8) is 0 Å². The molecule has 188 valence electrons. The second-order valence-electron chi connectivity index (χ2n) is 9.50. The minimum Gasteiger partial charge on any atom is -0.340 e. The first-order valence-corrected chi connectivity index (χ1v) is 12.4. The molecule has 0 saturated carbocycles. The van der Waals surface area contributed by atoms with Crippen LogP contribution in [0.1, 0.15) is 19.4 Å². The van der Waals surface area contributed by atoms with Gasteiger partial charge in [-0.05, 0) is 35.7 Å². The van der Waals surface area contributed by atoms with E-state index in [0.29, 0.717) is 24.2 Å². The number of rotatable bonds is 7. The molecule has 0 unspecified atom stereocenters. The van der Waals surface area contributed by atoms with Gasteiger partial charge in [-0.15, -0.1) is 0 Å². The van der Waals surface area contributed by atoms with Crippen molar-refractivity contribution in [3.8, 4) is 11.3 Å². The van der Waals surface area contributed by atoms with Crippen LogP contribution in [0.2, 0.25) is 0 Å². The molecular formula is C29H31N7O. The molecular weight excluding hydrogens is 462 g/mol. The topological polar surface area (TPSA) is 82.0 Å². The lowest BCUT2D eigenvalue weighted by atomic mass is 10.1. The fourth-order valence-corrected chi connectivity index (χ4v) is 4.55. The van der Waals surface area contributed by atoms with Crippen LogP contribution >= 0.6 is 0 Å². The average Bonchev–Trinajstić information content (AvgIpc) is 3.25. The molecule has 0 aliphatic heterocycles. The van der Waals surface area contributed by atoms with Gasteiger partial charge in [0.1, 0.15) is 16.7 Å². The second kappa shape index (κ2) is 10.3. The monoisotopic (exact) mass is 493 g/mol. The van der Waals surface area contributed by atoms with Crippen molar-refractivity contribution >= 4 is 22.5 Å². The summed E-state index contributed by atoms with van der Waals surface area (Å²) in [5.74, 6) is 1.07. The SMILES string of the molecule is C/N=c1/c2c(Nc3ccccc3)n(Cc3ccc(-c4ccccn4)cc3)nc2n(CC(C)C)c(=O)n1C. The largest absolute Gasteiger partial charge is 0.340 e. The van der Waals surface area contributed by atoms with Gasteiger partial charge in [-0.2, -0.15) is 5.10 Å². The van der Waals surface area contributed by atoms with Gasteiger partial charge >= 0.3 is 5.69 Å². The molecule has 2 aromatic carbocycles. The number of aromatic nitrogens is 5. The molecule has 0 atom stereocenters. The number of benzene rings is 2. The highest BCUT2D eigenvalue weighted by Gasteiger charge is 2.21. The summed E-state index contributed by atoms with van der Waals surface area (Å²) >= 11 is 0. The van der Waals surface area contributed by atoms with E-state index in [2.05, 4.69) is 53.4 Å². The van der Waals surface area contributed by atoms with Gasteiger partial charge in [0.25, 0.3) is 0 Å². The van der Waals surface area contributed by atoms with Gasteiger partial charge in [0.15, 0.2) is 5.65 Å². The maximum absolute atomic E-state index is 13.3. The summed E-state index contributed by atoms with van der Waals surface area (Å²) in [6.45, 7) is 5.28. The highest BCUT2D eigenvalue weighted by Crippen LogP contribution is 2.26. The molecule has 0 fully saturated rings. The number of hydrogen-bond donors (Lipinski definition) is 1. The van der Waals surface area contributed by atoms with Crippen LogP contribution in [-0.2, 0) is 20.1 Å². The van der Waals surface area contributed by atoms with Crippen LogP contribution in [0.25, 0.3) is 22.3 Å². The van der Waals surface area contributed by atoms with Crippen LogP contribution in [0.3, 0.4) is 0 Å². The molecule has 0 spiro atoms. The smallest absolute Gasteiger partial charge is 0.331 e. The van der Waals surface area contributed by atoms with E-state index in [-0.39, 0.29) is 11.6 Å². The maximum Gasteiger partial charge on any atom is 0.331 e. The Morgan fingerprint density at radius 3 is 2.35 bits per heavy atom. The summed E-state index contributed by atoms with van der Waals surface area (Å²) in [7, 11) is 3.47. The molecule has 37 heavy (non-hydrogen) atoms. The van der Waals surface area contributed by atoms with Crippen molar-refractivity contribution in [2.75, 3.05) is 12.4 Å². The van der Waals surface area contributed by atoms with Gasteiger partial charge in [-0.1, -0.05) is 62.4 Å². The first-order valence-electron chi connectivity index (χ1n) is 12.4. The van der Waals surface area contributed by atoms with E-state index in [9.17, 15) is 4.79 Å². The first-order chi connectivity index (χ1) is 18.0. The van der Waals surface area contributed by atoms with Crippen LogP contribution < -0.4 is 16.5 Å². The van der Waals surface area contributed by atoms with E-state index in [1.165, 1.54) is 0 Å². The van der Waals surface area contributed by atoms with Gasteiger partial charge in [-0.25, -0.2) is 9.48 Å². The minimum atomic E-state index is -0.127. The molecule has 3 aromatic heterocycles. The molecule has 0 radical (unpaired) electrons. The molecule has 5 aromatic rings. The highest BCUT2D eigenvalue weighted by molar-refractivity contribution is 5.89. The summed E-state index contributed by atoms with van der Waals surface area (Å²) in [6, 6.07) is 24.2. The predicted octanol–water partition coefficient (Wildman–Crippen LogP) is 4.58. The van der Waals surface area contributed by atoms with Gasteiger partial charge in [0.2, 0.25) is 0 Å². The Bertz CT molecular complexity index is 1650. The van der Waals surface area contributed by atoms with Gasteiger partial charge in [0.05, 0.1) is 12.2 Å². The number of nitrogens with one attached hydrogen (secondary N) is 1. The quantitative estimate of drug-likeness (QED) is 0.360. The summed E-state index contributed by atoms with van der Waals surface area (Å²) < 4.78 is 5.29. The van der Waals surface area contributed by atoms with Crippen molar-refractivity contribution in [1.82, 2.24) is 23.9 Å². The fourth-order valence-electron chi connectivity index (χ4n) is 4.55. The molecule has 0 saturated heterocycles. The lowest BCUT2D eigenvalue weighted by molar-refractivity contribution is 0.496. The molecule has 8 nitrogen and oxygen atoms in total. The fraction of sp³-hybridized carbons (Fsp3) is 0.241. The number of hydrogen-bond acceptors (Lipinski definition) is 5. The zero-order chi connectivity index (χ0) is 25.9. The summed E-state index contributed by atoms with van der Waals surface area (Å²) in [4.78, 5) is 22.2. The standard InChI is InChI=1S/C29H31N7O/c1-20(2)18-35-28-25(26(30-3)34(4)29(35)37)27(32-23-10-6-5-7-11-23)36(33-28)19-21-13-15-22(16-14-21)24-12-8-9-17-31-24/h5-17,20,32H,18-19H2,1-4H3/b30-26-. The number of fused-ring (bicyclic) bond motifs is 1. The third kappa shape index (κ3) is 4.82. The zero-order valence-corrected chi connectivity index (χ0v) is 21.6. The minimum absolute atomic E-state index is 0.127. The number of anilines is 2. The van der Waals surface area contributed by atoms with Crippen molar-refractivity contribution in [2.24, 2.45) is 18.0 Å².